The van der Waals surface area contributed by atoms with Crippen molar-refractivity contribution < 1.29 is 18.3 Å². The Balaban J connectivity index is 2.46. The molecule has 0 atom stereocenters. The average molecular weight is 239 g/mol. The summed E-state index contributed by atoms with van der Waals surface area (Å²) in [6.45, 7) is 0. The number of benzene rings is 1. The molecule has 1 aromatic heterocycles. The van der Waals surface area contributed by atoms with Gasteiger partial charge in [0.1, 0.15) is 5.75 Å². The zero-order valence-corrected chi connectivity index (χ0v) is 8.57. The molecule has 88 valence electrons. The van der Waals surface area contributed by atoms with E-state index in [1.165, 1.54) is 12.3 Å². The molecule has 2 nitrogen and oxygen atoms in total. The zero-order valence-electron chi connectivity index (χ0n) is 8.57. The summed E-state index contributed by atoms with van der Waals surface area (Å²) in [6, 6.07) is 6.18. The van der Waals surface area contributed by atoms with E-state index in [-0.39, 0.29) is 0 Å². The molecule has 0 bridgehead atoms. The highest BCUT2D eigenvalue weighted by Crippen LogP contribution is 2.36. The second-order valence-corrected chi connectivity index (χ2v) is 3.47. The predicted octanol–water partition coefficient (Wildman–Crippen LogP) is 3.47. The van der Waals surface area contributed by atoms with Crippen molar-refractivity contribution in [2.24, 2.45) is 0 Å². The van der Waals surface area contributed by atoms with Crippen molar-refractivity contribution >= 4 is 0 Å². The Bertz CT molecular complexity index is 523. The van der Waals surface area contributed by atoms with Crippen molar-refractivity contribution in [1.29, 1.82) is 0 Å². The van der Waals surface area contributed by atoms with Crippen LogP contribution >= 0.6 is 0 Å². The lowest BCUT2D eigenvalue weighted by Gasteiger charge is -2.09. The van der Waals surface area contributed by atoms with Crippen LogP contribution in [0.3, 0.4) is 0 Å². The number of rotatable bonds is 1. The van der Waals surface area contributed by atoms with Crippen LogP contribution in [0.1, 0.15) is 5.56 Å². The van der Waals surface area contributed by atoms with E-state index >= 15 is 0 Å². The van der Waals surface area contributed by atoms with Gasteiger partial charge in [0.15, 0.2) is 0 Å². The SMILES string of the molecule is Oc1cc(C(F)(F)F)ccc1-c1cccnc1. The van der Waals surface area contributed by atoms with E-state index < -0.39 is 17.5 Å². The summed E-state index contributed by atoms with van der Waals surface area (Å²) in [6.07, 6.45) is -1.43. The monoisotopic (exact) mass is 239 g/mol. The highest BCUT2D eigenvalue weighted by atomic mass is 19.4. The number of hydrogen-bond donors (Lipinski definition) is 1. The summed E-state index contributed by atoms with van der Waals surface area (Å²) in [5.74, 6) is -0.409. The van der Waals surface area contributed by atoms with E-state index in [1.807, 2.05) is 0 Å². The van der Waals surface area contributed by atoms with Crippen LogP contribution in [0, 0.1) is 0 Å². The van der Waals surface area contributed by atoms with Crippen LogP contribution in [0.5, 0.6) is 5.75 Å². The van der Waals surface area contributed by atoms with Crippen molar-refractivity contribution in [3.05, 3.63) is 48.3 Å². The van der Waals surface area contributed by atoms with Crippen molar-refractivity contribution in [3.8, 4) is 16.9 Å². The van der Waals surface area contributed by atoms with Crippen LogP contribution in [-0.2, 0) is 6.18 Å². The van der Waals surface area contributed by atoms with Gasteiger partial charge in [0.05, 0.1) is 5.56 Å². The van der Waals surface area contributed by atoms with Crippen LogP contribution < -0.4 is 0 Å². The first kappa shape index (κ1) is 11.4. The predicted molar refractivity (Wildman–Crippen MR) is 56.3 cm³/mol. The Labute approximate surface area is 95.4 Å². The van der Waals surface area contributed by atoms with Crippen molar-refractivity contribution in [2.75, 3.05) is 0 Å². The molecule has 2 rings (SSSR count). The van der Waals surface area contributed by atoms with Crippen molar-refractivity contribution in [1.82, 2.24) is 4.98 Å². The van der Waals surface area contributed by atoms with Gasteiger partial charge in [-0.1, -0.05) is 12.1 Å². The summed E-state index contributed by atoms with van der Waals surface area (Å²) < 4.78 is 37.1. The molecule has 0 aliphatic carbocycles. The van der Waals surface area contributed by atoms with E-state index in [0.29, 0.717) is 17.2 Å². The quantitative estimate of drug-likeness (QED) is 0.826. The van der Waals surface area contributed by atoms with Gasteiger partial charge in [-0.3, -0.25) is 4.98 Å². The third-order valence-electron chi connectivity index (χ3n) is 2.30. The van der Waals surface area contributed by atoms with E-state index in [0.717, 1.165) is 6.07 Å². The number of phenolic OH excluding ortho intramolecular Hbond substituents is 1. The lowest BCUT2D eigenvalue weighted by molar-refractivity contribution is -0.137. The van der Waals surface area contributed by atoms with Gasteiger partial charge in [0, 0.05) is 23.5 Å². The number of pyridine rings is 1. The Morgan fingerprint density at radius 1 is 1.12 bits per heavy atom. The van der Waals surface area contributed by atoms with E-state index in [1.54, 1.807) is 18.3 Å². The fraction of sp³-hybridized carbons (Fsp3) is 0.0833. The van der Waals surface area contributed by atoms with Crippen LogP contribution in [0.2, 0.25) is 0 Å². The molecule has 1 N–H and O–H groups in total. The second-order valence-electron chi connectivity index (χ2n) is 3.47. The van der Waals surface area contributed by atoms with Crippen LogP contribution in [0.15, 0.2) is 42.7 Å². The molecule has 0 saturated carbocycles. The third kappa shape index (κ3) is 2.38. The van der Waals surface area contributed by atoms with E-state index in [4.69, 9.17) is 0 Å². The lowest BCUT2D eigenvalue weighted by atomic mass is 10.0. The molecule has 0 aliphatic heterocycles. The van der Waals surface area contributed by atoms with Gasteiger partial charge < -0.3 is 5.11 Å². The van der Waals surface area contributed by atoms with Crippen molar-refractivity contribution in [2.45, 2.75) is 6.18 Å². The molecular formula is C12H8F3NO. The number of nitrogens with zero attached hydrogens (tertiary/aromatic N) is 1. The standard InChI is InChI=1S/C12H8F3NO/c13-12(14,15)9-3-4-10(11(17)6-9)8-2-1-5-16-7-8/h1-7,17H. The third-order valence-corrected chi connectivity index (χ3v) is 2.30. The lowest BCUT2D eigenvalue weighted by Crippen LogP contribution is -2.04. The normalized spacial score (nSPS) is 11.5. The highest BCUT2D eigenvalue weighted by molar-refractivity contribution is 5.69. The second kappa shape index (κ2) is 4.08. The molecule has 0 aliphatic rings. The van der Waals surface area contributed by atoms with Crippen LogP contribution in [-0.4, -0.2) is 10.1 Å². The fourth-order valence-electron chi connectivity index (χ4n) is 1.47. The first-order valence-electron chi connectivity index (χ1n) is 4.79. The molecule has 0 radical (unpaired) electrons. The molecule has 1 aromatic carbocycles. The van der Waals surface area contributed by atoms with Gasteiger partial charge in [0.25, 0.3) is 0 Å². The smallest absolute Gasteiger partial charge is 0.416 e. The maximum absolute atomic E-state index is 12.4. The summed E-state index contributed by atoms with van der Waals surface area (Å²) in [5, 5.41) is 9.58. The maximum atomic E-state index is 12.4. The van der Waals surface area contributed by atoms with Crippen LogP contribution in [0.25, 0.3) is 11.1 Å². The van der Waals surface area contributed by atoms with Crippen molar-refractivity contribution in [3.63, 3.8) is 0 Å². The molecule has 0 spiro atoms. The summed E-state index contributed by atoms with van der Waals surface area (Å²) >= 11 is 0. The molecule has 17 heavy (non-hydrogen) atoms. The average Bonchev–Trinajstić information content (AvgIpc) is 2.29. The van der Waals surface area contributed by atoms with Crippen LogP contribution in [0.4, 0.5) is 13.2 Å². The number of alkyl halides is 3. The van der Waals surface area contributed by atoms with Gasteiger partial charge in [0.2, 0.25) is 0 Å². The van der Waals surface area contributed by atoms with E-state index in [2.05, 4.69) is 4.98 Å². The molecule has 1 heterocycles. The first-order valence-corrected chi connectivity index (χ1v) is 4.79. The van der Waals surface area contributed by atoms with Gasteiger partial charge in [-0.25, -0.2) is 0 Å². The van der Waals surface area contributed by atoms with Gasteiger partial charge in [-0.2, -0.15) is 13.2 Å². The number of hydrogen-bond acceptors (Lipinski definition) is 2. The Kier molecular flexibility index (Phi) is 2.75. The Hall–Kier alpha value is -2.04. The first-order chi connectivity index (χ1) is 7.98. The summed E-state index contributed by atoms with van der Waals surface area (Å²) in [5.41, 5.74) is 0.0208. The molecule has 0 amide bonds. The number of phenols is 1. The van der Waals surface area contributed by atoms with Gasteiger partial charge >= 0.3 is 6.18 Å². The highest BCUT2D eigenvalue weighted by Gasteiger charge is 2.31. The minimum Gasteiger partial charge on any atom is -0.507 e. The largest absolute Gasteiger partial charge is 0.507 e. The number of aromatic nitrogens is 1. The van der Waals surface area contributed by atoms with Gasteiger partial charge in [-0.15, -0.1) is 0 Å². The molecule has 5 heteroatoms. The topological polar surface area (TPSA) is 33.1 Å². The molecule has 2 aromatic rings. The molecule has 0 fully saturated rings. The molecule has 0 unspecified atom stereocenters. The minimum atomic E-state index is -4.45. The Morgan fingerprint density at radius 3 is 2.41 bits per heavy atom. The molecular weight excluding hydrogens is 231 g/mol. The fourth-order valence-corrected chi connectivity index (χ4v) is 1.47. The summed E-state index contributed by atoms with van der Waals surface area (Å²) in [7, 11) is 0. The van der Waals surface area contributed by atoms with E-state index in [9.17, 15) is 18.3 Å². The minimum absolute atomic E-state index is 0.325. The Morgan fingerprint density at radius 2 is 1.88 bits per heavy atom. The molecule has 0 saturated heterocycles. The number of aromatic hydroxyl groups is 1. The zero-order chi connectivity index (χ0) is 12.5. The maximum Gasteiger partial charge on any atom is 0.416 e. The number of halogens is 3. The van der Waals surface area contributed by atoms with Gasteiger partial charge in [-0.05, 0) is 18.2 Å². The summed E-state index contributed by atoms with van der Waals surface area (Å²) in [4.78, 5) is 3.84.